The van der Waals surface area contributed by atoms with Crippen molar-refractivity contribution in [2.45, 2.75) is 25.7 Å². The minimum atomic E-state index is 0.311. The van der Waals surface area contributed by atoms with Crippen molar-refractivity contribution in [2.24, 2.45) is 0 Å². The second-order valence-electron chi connectivity index (χ2n) is 4.55. The smallest absolute Gasteiger partial charge is 0.0802 e. The third-order valence-corrected chi connectivity index (χ3v) is 4.08. The number of halogens is 2. The molecule has 1 aliphatic rings. The Kier molecular flexibility index (Phi) is 5.03. The summed E-state index contributed by atoms with van der Waals surface area (Å²) in [7, 11) is 0. The topological polar surface area (TPSA) is 12.5 Å². The molecule has 2 nitrogen and oxygen atoms in total. The van der Waals surface area contributed by atoms with Crippen molar-refractivity contribution in [1.29, 1.82) is 0 Å². The molecule has 0 aromatic heterocycles. The van der Waals surface area contributed by atoms with Crippen molar-refractivity contribution in [3.05, 3.63) is 34.3 Å². The number of alkyl halides is 1. The van der Waals surface area contributed by atoms with Crippen LogP contribution in [-0.2, 0) is 11.3 Å². The van der Waals surface area contributed by atoms with Crippen LogP contribution in [0.1, 0.15) is 12.5 Å². The molecule has 0 radical (unpaired) electrons. The molecule has 1 saturated heterocycles. The lowest BCUT2D eigenvalue weighted by atomic mass is 10.1. The molecule has 0 N–H and O–H groups in total. The van der Waals surface area contributed by atoms with Crippen LogP contribution in [0, 0.1) is 0 Å². The van der Waals surface area contributed by atoms with Crippen LogP contribution in [0.5, 0.6) is 0 Å². The summed E-state index contributed by atoms with van der Waals surface area (Å²) >= 11 is 7.02. The molecule has 1 aliphatic heterocycles. The Morgan fingerprint density at radius 2 is 2.24 bits per heavy atom. The standard InChI is InChI=1S/C13H17Br2NO/c1-10-7-16(9-13(6-14)17-10)8-11-3-2-4-12(15)5-11/h2-5,10,13H,6-9H2,1H3. The second kappa shape index (κ2) is 6.32. The Balaban J connectivity index is 1.98. The fourth-order valence-electron chi connectivity index (χ4n) is 2.25. The molecule has 0 aliphatic carbocycles. The van der Waals surface area contributed by atoms with E-state index in [4.69, 9.17) is 4.74 Å². The quantitative estimate of drug-likeness (QED) is 0.764. The summed E-state index contributed by atoms with van der Waals surface area (Å²) in [6, 6.07) is 8.51. The molecule has 0 amide bonds. The predicted molar refractivity (Wildman–Crippen MR) is 77.5 cm³/mol. The van der Waals surface area contributed by atoms with Crippen molar-refractivity contribution >= 4 is 31.9 Å². The van der Waals surface area contributed by atoms with Gasteiger partial charge >= 0.3 is 0 Å². The molecule has 94 valence electrons. The highest BCUT2D eigenvalue weighted by Crippen LogP contribution is 2.18. The van der Waals surface area contributed by atoms with Gasteiger partial charge in [-0.1, -0.05) is 44.0 Å². The average molecular weight is 363 g/mol. The van der Waals surface area contributed by atoms with Gasteiger partial charge in [-0.15, -0.1) is 0 Å². The number of nitrogens with zero attached hydrogens (tertiary/aromatic N) is 1. The molecule has 0 saturated carbocycles. The fourth-order valence-corrected chi connectivity index (χ4v) is 3.05. The second-order valence-corrected chi connectivity index (χ2v) is 6.11. The minimum Gasteiger partial charge on any atom is -0.372 e. The zero-order valence-electron chi connectivity index (χ0n) is 9.90. The number of ether oxygens (including phenoxy) is 1. The molecule has 2 atom stereocenters. The van der Waals surface area contributed by atoms with Gasteiger partial charge in [-0.2, -0.15) is 0 Å². The Labute approximate surface area is 120 Å². The van der Waals surface area contributed by atoms with E-state index in [-0.39, 0.29) is 0 Å². The predicted octanol–water partition coefficient (Wildman–Crippen LogP) is 3.43. The van der Waals surface area contributed by atoms with Crippen LogP contribution in [0.4, 0.5) is 0 Å². The SMILES string of the molecule is CC1CN(Cc2cccc(Br)c2)CC(CBr)O1. The first-order valence-electron chi connectivity index (χ1n) is 5.85. The van der Waals surface area contributed by atoms with Crippen LogP contribution in [0.3, 0.4) is 0 Å². The summed E-state index contributed by atoms with van der Waals surface area (Å²) in [6.07, 6.45) is 0.629. The van der Waals surface area contributed by atoms with E-state index in [9.17, 15) is 0 Å². The molecule has 1 heterocycles. The van der Waals surface area contributed by atoms with Gasteiger partial charge in [-0.3, -0.25) is 4.90 Å². The van der Waals surface area contributed by atoms with Crippen molar-refractivity contribution in [1.82, 2.24) is 4.90 Å². The van der Waals surface area contributed by atoms with E-state index in [1.165, 1.54) is 5.56 Å². The number of hydrogen-bond acceptors (Lipinski definition) is 2. The molecule has 2 rings (SSSR count). The molecule has 1 fully saturated rings. The fraction of sp³-hybridized carbons (Fsp3) is 0.538. The van der Waals surface area contributed by atoms with E-state index in [0.29, 0.717) is 12.2 Å². The van der Waals surface area contributed by atoms with Gasteiger partial charge < -0.3 is 4.74 Å². The van der Waals surface area contributed by atoms with E-state index in [0.717, 1.165) is 29.4 Å². The van der Waals surface area contributed by atoms with Gasteiger partial charge in [0.05, 0.1) is 12.2 Å². The van der Waals surface area contributed by atoms with E-state index < -0.39 is 0 Å². The molecule has 0 bridgehead atoms. The van der Waals surface area contributed by atoms with Crippen LogP contribution in [0.15, 0.2) is 28.7 Å². The van der Waals surface area contributed by atoms with Gasteiger partial charge in [0, 0.05) is 29.4 Å². The van der Waals surface area contributed by atoms with Crippen molar-refractivity contribution in [3.63, 3.8) is 0 Å². The summed E-state index contributed by atoms with van der Waals surface area (Å²) in [4.78, 5) is 2.46. The lowest BCUT2D eigenvalue weighted by molar-refractivity contribution is -0.0678. The number of hydrogen-bond donors (Lipinski definition) is 0. The van der Waals surface area contributed by atoms with Crippen LogP contribution < -0.4 is 0 Å². The van der Waals surface area contributed by atoms with Crippen LogP contribution >= 0.6 is 31.9 Å². The minimum absolute atomic E-state index is 0.311. The van der Waals surface area contributed by atoms with Crippen LogP contribution in [0.2, 0.25) is 0 Å². The normalized spacial score (nSPS) is 26.1. The third kappa shape index (κ3) is 4.05. The first-order chi connectivity index (χ1) is 8.17. The van der Waals surface area contributed by atoms with Gasteiger partial charge in [0.25, 0.3) is 0 Å². The molecular formula is C13H17Br2NO. The Bertz CT molecular complexity index is 372. The van der Waals surface area contributed by atoms with Crippen molar-refractivity contribution in [3.8, 4) is 0 Å². The summed E-state index contributed by atoms with van der Waals surface area (Å²) in [5.74, 6) is 0. The van der Waals surface area contributed by atoms with Gasteiger partial charge in [-0.25, -0.2) is 0 Å². The summed E-state index contributed by atoms with van der Waals surface area (Å²) in [5, 5.41) is 0.909. The zero-order valence-corrected chi connectivity index (χ0v) is 13.1. The highest BCUT2D eigenvalue weighted by molar-refractivity contribution is 9.10. The molecular weight excluding hydrogens is 346 g/mol. The van der Waals surface area contributed by atoms with Gasteiger partial charge in [0.15, 0.2) is 0 Å². The number of rotatable bonds is 3. The van der Waals surface area contributed by atoms with E-state index >= 15 is 0 Å². The molecule has 1 aromatic rings. The molecule has 17 heavy (non-hydrogen) atoms. The summed E-state index contributed by atoms with van der Waals surface area (Å²) < 4.78 is 6.98. The summed E-state index contributed by atoms with van der Waals surface area (Å²) in [5.41, 5.74) is 1.35. The molecule has 1 aromatic carbocycles. The van der Waals surface area contributed by atoms with E-state index in [1.807, 2.05) is 0 Å². The van der Waals surface area contributed by atoms with E-state index in [1.54, 1.807) is 0 Å². The maximum Gasteiger partial charge on any atom is 0.0802 e. The highest BCUT2D eigenvalue weighted by atomic mass is 79.9. The maximum atomic E-state index is 5.83. The Hall–Kier alpha value is 0.1000. The molecule has 4 heteroatoms. The first-order valence-corrected chi connectivity index (χ1v) is 7.77. The summed E-state index contributed by atoms with van der Waals surface area (Å²) in [6.45, 7) is 5.15. The molecule has 2 unspecified atom stereocenters. The van der Waals surface area contributed by atoms with Gasteiger partial charge in [0.1, 0.15) is 0 Å². The first kappa shape index (κ1) is 13.5. The molecule has 0 spiro atoms. The monoisotopic (exact) mass is 361 g/mol. The van der Waals surface area contributed by atoms with Gasteiger partial charge in [0.2, 0.25) is 0 Å². The lowest BCUT2D eigenvalue weighted by Crippen LogP contribution is -2.46. The third-order valence-electron chi connectivity index (χ3n) is 2.87. The largest absolute Gasteiger partial charge is 0.372 e. The Morgan fingerprint density at radius 3 is 2.94 bits per heavy atom. The van der Waals surface area contributed by atoms with Crippen molar-refractivity contribution in [2.75, 3.05) is 18.4 Å². The lowest BCUT2D eigenvalue weighted by Gasteiger charge is -2.36. The maximum absolute atomic E-state index is 5.83. The van der Waals surface area contributed by atoms with Crippen LogP contribution in [0.25, 0.3) is 0 Å². The Morgan fingerprint density at radius 1 is 1.41 bits per heavy atom. The van der Waals surface area contributed by atoms with Crippen molar-refractivity contribution < 1.29 is 4.74 Å². The number of benzene rings is 1. The highest BCUT2D eigenvalue weighted by Gasteiger charge is 2.24. The van der Waals surface area contributed by atoms with Crippen LogP contribution in [-0.4, -0.2) is 35.5 Å². The van der Waals surface area contributed by atoms with Gasteiger partial charge in [-0.05, 0) is 24.6 Å². The van der Waals surface area contributed by atoms with E-state index in [2.05, 4.69) is 67.9 Å². The average Bonchev–Trinajstić information content (AvgIpc) is 2.28. The number of morpholine rings is 1. The zero-order chi connectivity index (χ0) is 12.3.